The smallest absolute Gasteiger partial charge is 0.387 e. The number of carbonyl (C=O) groups is 2. The Hall–Kier alpha value is -2.18. The molecule has 1 N–H and O–H groups in total. The summed E-state index contributed by atoms with van der Waals surface area (Å²) < 4.78 is 28.4. The Morgan fingerprint density at radius 1 is 1.21 bits per heavy atom. The minimum Gasteiger partial charge on any atom is -0.435 e. The van der Waals surface area contributed by atoms with Crippen molar-refractivity contribution in [3.63, 3.8) is 0 Å². The largest absolute Gasteiger partial charge is 0.435 e. The Morgan fingerprint density at radius 3 is 2.67 bits per heavy atom. The van der Waals surface area contributed by atoms with Gasteiger partial charge in [-0.05, 0) is 43.5 Å². The number of nitrogens with zero attached hydrogens (tertiary/aromatic N) is 1. The van der Waals surface area contributed by atoms with E-state index < -0.39 is 6.61 Å². The van der Waals surface area contributed by atoms with Gasteiger partial charge in [-0.15, -0.1) is 0 Å². The topological polar surface area (TPSA) is 58.6 Å². The summed E-state index contributed by atoms with van der Waals surface area (Å²) in [6.45, 7) is -0.998. The highest BCUT2D eigenvalue weighted by Gasteiger charge is 2.15. The molecule has 1 aliphatic heterocycles. The van der Waals surface area contributed by atoms with E-state index in [1.165, 1.54) is 24.3 Å². The van der Waals surface area contributed by atoms with Gasteiger partial charge in [0.05, 0.1) is 0 Å². The molecule has 0 saturated carbocycles. The van der Waals surface area contributed by atoms with Crippen LogP contribution in [-0.4, -0.2) is 43.0 Å². The zero-order valence-electron chi connectivity index (χ0n) is 13.5. The Kier molecular flexibility index (Phi) is 6.96. The maximum atomic E-state index is 12.1. The van der Waals surface area contributed by atoms with Gasteiger partial charge in [-0.1, -0.05) is 6.42 Å². The van der Waals surface area contributed by atoms with Crippen molar-refractivity contribution >= 4 is 11.8 Å². The van der Waals surface area contributed by atoms with Crippen LogP contribution in [0.1, 0.15) is 42.5 Å². The molecule has 1 fully saturated rings. The van der Waals surface area contributed by atoms with Gasteiger partial charge in [0.2, 0.25) is 5.91 Å². The summed E-state index contributed by atoms with van der Waals surface area (Å²) in [6.07, 6.45) is 4.37. The van der Waals surface area contributed by atoms with Crippen LogP contribution in [0.15, 0.2) is 24.3 Å². The molecule has 1 aromatic rings. The van der Waals surface area contributed by atoms with E-state index in [1.807, 2.05) is 4.90 Å². The van der Waals surface area contributed by atoms with Crippen molar-refractivity contribution in [2.24, 2.45) is 0 Å². The van der Waals surface area contributed by atoms with Crippen molar-refractivity contribution in [2.75, 3.05) is 19.6 Å². The summed E-state index contributed by atoms with van der Waals surface area (Å²) in [4.78, 5) is 25.7. The number of hydrogen-bond acceptors (Lipinski definition) is 3. The summed E-state index contributed by atoms with van der Waals surface area (Å²) in [7, 11) is 0. The van der Waals surface area contributed by atoms with Gasteiger partial charge in [-0.25, -0.2) is 0 Å². The van der Waals surface area contributed by atoms with E-state index in [0.29, 0.717) is 31.5 Å². The molecule has 0 aliphatic carbocycles. The second kappa shape index (κ2) is 9.20. The Labute approximate surface area is 140 Å². The van der Waals surface area contributed by atoms with Crippen molar-refractivity contribution in [2.45, 2.75) is 38.7 Å². The first-order chi connectivity index (χ1) is 11.6. The average Bonchev–Trinajstić information content (AvgIpc) is 2.76. The number of alkyl halides is 2. The van der Waals surface area contributed by atoms with E-state index in [2.05, 4.69) is 10.1 Å². The minimum absolute atomic E-state index is 0.0150. The molecular formula is C17H22F2N2O3. The lowest BCUT2D eigenvalue weighted by molar-refractivity contribution is -0.130. The number of likely N-dealkylation sites (tertiary alicyclic amines) is 1. The quantitative estimate of drug-likeness (QED) is 0.777. The molecule has 0 atom stereocenters. The van der Waals surface area contributed by atoms with Crippen molar-refractivity contribution in [3.05, 3.63) is 29.8 Å². The summed E-state index contributed by atoms with van der Waals surface area (Å²) in [5, 5.41) is 2.76. The molecule has 0 radical (unpaired) electrons. The van der Waals surface area contributed by atoms with Gasteiger partial charge in [-0.3, -0.25) is 9.59 Å². The molecule has 2 rings (SSSR count). The van der Waals surface area contributed by atoms with Crippen molar-refractivity contribution in [1.82, 2.24) is 10.2 Å². The highest BCUT2D eigenvalue weighted by atomic mass is 19.3. The molecule has 0 bridgehead atoms. The molecule has 5 nitrogen and oxygen atoms in total. The number of carbonyl (C=O) groups excluding carboxylic acids is 2. The number of benzene rings is 1. The first-order valence-electron chi connectivity index (χ1n) is 8.17. The van der Waals surface area contributed by atoms with Crippen LogP contribution in [0.2, 0.25) is 0 Å². The van der Waals surface area contributed by atoms with Crippen LogP contribution < -0.4 is 10.1 Å². The Balaban J connectivity index is 1.71. The van der Waals surface area contributed by atoms with E-state index in [1.54, 1.807) is 0 Å². The zero-order valence-corrected chi connectivity index (χ0v) is 13.5. The fraction of sp³-hybridized carbons (Fsp3) is 0.529. The fourth-order valence-electron chi connectivity index (χ4n) is 2.64. The summed E-state index contributed by atoms with van der Waals surface area (Å²) in [5.41, 5.74) is 0.377. The number of hydrogen-bond donors (Lipinski definition) is 1. The van der Waals surface area contributed by atoms with Gasteiger partial charge in [-0.2, -0.15) is 8.78 Å². The lowest BCUT2D eigenvalue weighted by Gasteiger charge is -2.20. The molecule has 7 heteroatoms. The lowest BCUT2D eigenvalue weighted by Crippen LogP contribution is -2.34. The van der Waals surface area contributed by atoms with E-state index in [4.69, 9.17) is 0 Å². The predicted octanol–water partition coefficient (Wildman–Crippen LogP) is 2.81. The van der Waals surface area contributed by atoms with E-state index in [9.17, 15) is 18.4 Å². The highest BCUT2D eigenvalue weighted by Crippen LogP contribution is 2.15. The van der Waals surface area contributed by atoms with Crippen molar-refractivity contribution < 1.29 is 23.1 Å². The number of amides is 2. The van der Waals surface area contributed by atoms with Crippen LogP contribution in [0.4, 0.5) is 8.78 Å². The van der Waals surface area contributed by atoms with Crippen molar-refractivity contribution in [3.8, 4) is 5.75 Å². The average molecular weight is 340 g/mol. The van der Waals surface area contributed by atoms with Gasteiger partial charge in [0.25, 0.3) is 5.91 Å². The maximum Gasteiger partial charge on any atom is 0.387 e. The normalized spacial score (nSPS) is 15.3. The second-order valence-electron chi connectivity index (χ2n) is 5.70. The second-order valence-corrected chi connectivity index (χ2v) is 5.70. The van der Waals surface area contributed by atoms with E-state index in [0.717, 1.165) is 25.8 Å². The molecule has 1 aromatic carbocycles. The monoisotopic (exact) mass is 340 g/mol. The maximum absolute atomic E-state index is 12.1. The first kappa shape index (κ1) is 18.2. The third kappa shape index (κ3) is 5.79. The highest BCUT2D eigenvalue weighted by molar-refractivity contribution is 5.94. The molecule has 1 aliphatic rings. The third-order valence-corrected chi connectivity index (χ3v) is 3.90. The molecule has 24 heavy (non-hydrogen) atoms. The van der Waals surface area contributed by atoms with Gasteiger partial charge >= 0.3 is 6.61 Å². The number of nitrogens with one attached hydrogen (secondary N) is 1. The van der Waals surface area contributed by atoms with Crippen LogP contribution in [-0.2, 0) is 4.79 Å². The number of rotatable bonds is 7. The fourth-order valence-corrected chi connectivity index (χ4v) is 2.64. The lowest BCUT2D eigenvalue weighted by atomic mass is 10.2. The standard InChI is InChI=1S/C17H22F2N2O3/c18-17(19)24-14-8-6-13(7-9-14)16(23)20-10-4-12-21-11-3-1-2-5-15(21)22/h6-9,17H,1-5,10-12H2,(H,20,23). The zero-order chi connectivity index (χ0) is 17.4. The molecule has 0 unspecified atom stereocenters. The minimum atomic E-state index is -2.88. The van der Waals surface area contributed by atoms with Gasteiger partial charge in [0.1, 0.15) is 5.75 Å². The molecule has 1 saturated heterocycles. The van der Waals surface area contributed by atoms with Crippen LogP contribution in [0, 0.1) is 0 Å². The van der Waals surface area contributed by atoms with Crippen LogP contribution in [0.25, 0.3) is 0 Å². The number of halogens is 2. The molecule has 0 spiro atoms. The SMILES string of the molecule is O=C(NCCCN1CCCCCC1=O)c1ccc(OC(F)F)cc1. The Bertz CT molecular complexity index is 549. The molecular weight excluding hydrogens is 318 g/mol. The molecule has 132 valence electrons. The molecule has 2 amide bonds. The molecule has 1 heterocycles. The van der Waals surface area contributed by atoms with E-state index in [-0.39, 0.29) is 17.6 Å². The predicted molar refractivity (Wildman–Crippen MR) is 85.1 cm³/mol. The Morgan fingerprint density at radius 2 is 1.96 bits per heavy atom. The third-order valence-electron chi connectivity index (χ3n) is 3.90. The summed E-state index contributed by atoms with van der Waals surface area (Å²) in [5.74, 6) is -0.0736. The van der Waals surface area contributed by atoms with Crippen molar-refractivity contribution in [1.29, 1.82) is 0 Å². The first-order valence-corrected chi connectivity index (χ1v) is 8.17. The summed E-state index contributed by atoms with van der Waals surface area (Å²) in [6, 6.07) is 5.53. The van der Waals surface area contributed by atoms with Crippen LogP contribution in [0.5, 0.6) is 5.75 Å². The molecule has 0 aromatic heterocycles. The van der Waals surface area contributed by atoms with Crippen LogP contribution >= 0.6 is 0 Å². The number of ether oxygens (including phenoxy) is 1. The van der Waals surface area contributed by atoms with E-state index >= 15 is 0 Å². The van der Waals surface area contributed by atoms with Gasteiger partial charge in [0.15, 0.2) is 0 Å². The summed E-state index contributed by atoms with van der Waals surface area (Å²) >= 11 is 0. The van der Waals surface area contributed by atoms with Crippen LogP contribution in [0.3, 0.4) is 0 Å². The van der Waals surface area contributed by atoms with Gasteiger partial charge < -0.3 is 15.0 Å². The van der Waals surface area contributed by atoms with Gasteiger partial charge in [0, 0.05) is 31.6 Å².